The molecule has 94 valence electrons. The molecule has 0 spiro atoms. The molecule has 4 unspecified atom stereocenters. The van der Waals surface area contributed by atoms with Gasteiger partial charge in [-0.1, -0.05) is 19.8 Å². The van der Waals surface area contributed by atoms with E-state index >= 15 is 0 Å². The Kier molecular flexibility index (Phi) is 4.66. The van der Waals surface area contributed by atoms with Gasteiger partial charge >= 0.3 is 0 Å². The number of hydrogen-bond acceptors (Lipinski definition) is 2. The molecule has 0 radical (unpaired) electrons. The Labute approximate surface area is 100 Å². The monoisotopic (exact) mass is 225 g/mol. The third kappa shape index (κ3) is 3.46. The van der Waals surface area contributed by atoms with Crippen LogP contribution in [0.25, 0.3) is 0 Å². The summed E-state index contributed by atoms with van der Waals surface area (Å²) < 4.78 is 5.43. The SMILES string of the molecule is COC1CCC(NC2CCCC(C)CC2)C1. The Hall–Kier alpha value is -0.0800. The van der Waals surface area contributed by atoms with E-state index in [1.54, 1.807) is 0 Å². The standard InChI is InChI=1S/C14H27NO/c1-11-4-3-5-12(7-6-11)15-13-8-9-14(10-13)16-2/h11-15H,3-10H2,1-2H3. The summed E-state index contributed by atoms with van der Waals surface area (Å²) in [6.45, 7) is 2.40. The summed E-state index contributed by atoms with van der Waals surface area (Å²) >= 11 is 0. The molecule has 0 heterocycles. The molecule has 2 fully saturated rings. The second kappa shape index (κ2) is 6.02. The molecule has 0 aromatic carbocycles. The van der Waals surface area contributed by atoms with E-state index in [1.807, 2.05) is 7.11 Å². The molecule has 16 heavy (non-hydrogen) atoms. The number of methoxy groups -OCH3 is 1. The fraction of sp³-hybridized carbons (Fsp3) is 1.00. The summed E-state index contributed by atoms with van der Waals surface area (Å²) in [4.78, 5) is 0. The zero-order chi connectivity index (χ0) is 11.4. The van der Waals surface area contributed by atoms with Gasteiger partial charge in [-0.05, 0) is 44.4 Å². The molecule has 0 aromatic heterocycles. The molecule has 2 saturated carbocycles. The van der Waals surface area contributed by atoms with Gasteiger partial charge in [0, 0.05) is 19.2 Å². The lowest BCUT2D eigenvalue weighted by atomic mass is 10.0. The minimum atomic E-state index is 0.516. The van der Waals surface area contributed by atoms with Gasteiger partial charge in [-0.3, -0.25) is 0 Å². The van der Waals surface area contributed by atoms with Crippen LogP contribution >= 0.6 is 0 Å². The summed E-state index contributed by atoms with van der Waals surface area (Å²) in [7, 11) is 1.85. The maximum Gasteiger partial charge on any atom is 0.0586 e. The molecule has 0 aliphatic heterocycles. The lowest BCUT2D eigenvalue weighted by Crippen LogP contribution is -2.36. The van der Waals surface area contributed by atoms with Crippen LogP contribution in [0.15, 0.2) is 0 Å². The quantitative estimate of drug-likeness (QED) is 0.745. The first-order valence-corrected chi connectivity index (χ1v) is 7.06. The van der Waals surface area contributed by atoms with Crippen molar-refractivity contribution in [2.24, 2.45) is 5.92 Å². The van der Waals surface area contributed by atoms with Crippen LogP contribution in [-0.2, 0) is 4.74 Å². The van der Waals surface area contributed by atoms with Crippen molar-refractivity contribution < 1.29 is 4.74 Å². The summed E-state index contributed by atoms with van der Waals surface area (Å²) in [5, 5.41) is 3.86. The van der Waals surface area contributed by atoms with Crippen LogP contribution in [0.3, 0.4) is 0 Å². The molecular formula is C14H27NO. The van der Waals surface area contributed by atoms with Crippen molar-refractivity contribution in [2.45, 2.75) is 76.5 Å². The van der Waals surface area contributed by atoms with Gasteiger partial charge in [-0.25, -0.2) is 0 Å². The van der Waals surface area contributed by atoms with Crippen LogP contribution in [0, 0.1) is 5.92 Å². The molecule has 2 heteroatoms. The average molecular weight is 225 g/mol. The third-order valence-corrected chi connectivity index (χ3v) is 4.45. The third-order valence-electron chi connectivity index (χ3n) is 4.45. The predicted molar refractivity (Wildman–Crippen MR) is 67.6 cm³/mol. The van der Waals surface area contributed by atoms with E-state index in [-0.39, 0.29) is 0 Å². The second-order valence-electron chi connectivity index (χ2n) is 5.84. The fourth-order valence-electron chi connectivity index (χ4n) is 3.29. The minimum absolute atomic E-state index is 0.516. The van der Waals surface area contributed by atoms with Crippen molar-refractivity contribution in [1.82, 2.24) is 5.32 Å². The zero-order valence-electron chi connectivity index (χ0n) is 10.9. The number of nitrogens with one attached hydrogen (secondary N) is 1. The van der Waals surface area contributed by atoms with Gasteiger partial charge in [-0.2, -0.15) is 0 Å². The predicted octanol–water partition coefficient (Wildman–Crippen LogP) is 3.11. The Balaban J connectivity index is 1.72. The normalized spacial score (nSPS) is 40.9. The van der Waals surface area contributed by atoms with E-state index in [2.05, 4.69) is 12.2 Å². The van der Waals surface area contributed by atoms with Crippen LogP contribution in [0.2, 0.25) is 0 Å². The van der Waals surface area contributed by atoms with E-state index in [0.29, 0.717) is 6.10 Å². The largest absolute Gasteiger partial charge is 0.381 e. The average Bonchev–Trinajstić information content (AvgIpc) is 2.63. The number of ether oxygens (including phenoxy) is 1. The van der Waals surface area contributed by atoms with Crippen LogP contribution in [0.5, 0.6) is 0 Å². The molecule has 0 amide bonds. The maximum absolute atomic E-state index is 5.43. The topological polar surface area (TPSA) is 21.3 Å². The van der Waals surface area contributed by atoms with E-state index in [0.717, 1.165) is 18.0 Å². The molecule has 4 atom stereocenters. The summed E-state index contributed by atoms with van der Waals surface area (Å²) in [6.07, 6.45) is 11.3. The van der Waals surface area contributed by atoms with Crippen LogP contribution in [-0.4, -0.2) is 25.3 Å². The highest BCUT2D eigenvalue weighted by atomic mass is 16.5. The first-order chi connectivity index (χ1) is 7.78. The van der Waals surface area contributed by atoms with E-state index < -0.39 is 0 Å². The first-order valence-electron chi connectivity index (χ1n) is 7.06. The Bertz CT molecular complexity index is 207. The molecule has 2 nitrogen and oxygen atoms in total. The van der Waals surface area contributed by atoms with Crippen LogP contribution in [0.1, 0.15) is 58.3 Å². The van der Waals surface area contributed by atoms with Crippen molar-refractivity contribution in [3.63, 3.8) is 0 Å². The molecule has 2 aliphatic carbocycles. The lowest BCUT2D eigenvalue weighted by Gasteiger charge is -2.21. The number of rotatable bonds is 3. The van der Waals surface area contributed by atoms with Crippen molar-refractivity contribution in [3.05, 3.63) is 0 Å². The summed E-state index contributed by atoms with van der Waals surface area (Å²) in [6, 6.07) is 1.51. The van der Waals surface area contributed by atoms with E-state index in [1.165, 1.54) is 51.4 Å². The maximum atomic E-state index is 5.43. The van der Waals surface area contributed by atoms with Crippen molar-refractivity contribution in [1.29, 1.82) is 0 Å². The highest BCUT2D eigenvalue weighted by Gasteiger charge is 2.26. The van der Waals surface area contributed by atoms with Gasteiger partial charge in [-0.15, -0.1) is 0 Å². The van der Waals surface area contributed by atoms with Gasteiger partial charge in [0.1, 0.15) is 0 Å². The molecule has 2 rings (SSSR count). The smallest absolute Gasteiger partial charge is 0.0586 e. The van der Waals surface area contributed by atoms with Crippen molar-refractivity contribution in [2.75, 3.05) is 7.11 Å². The van der Waals surface area contributed by atoms with Crippen molar-refractivity contribution in [3.8, 4) is 0 Å². The number of hydrogen-bond donors (Lipinski definition) is 1. The Morgan fingerprint density at radius 3 is 2.50 bits per heavy atom. The summed E-state index contributed by atoms with van der Waals surface area (Å²) in [5.74, 6) is 0.946. The minimum Gasteiger partial charge on any atom is -0.381 e. The second-order valence-corrected chi connectivity index (χ2v) is 5.84. The van der Waals surface area contributed by atoms with Gasteiger partial charge in [0.2, 0.25) is 0 Å². The molecule has 1 N–H and O–H groups in total. The molecule has 0 bridgehead atoms. The zero-order valence-corrected chi connectivity index (χ0v) is 10.9. The van der Waals surface area contributed by atoms with Gasteiger partial charge in [0.25, 0.3) is 0 Å². The first kappa shape index (κ1) is 12.4. The molecule has 0 aromatic rings. The van der Waals surface area contributed by atoms with Gasteiger partial charge < -0.3 is 10.1 Å². The van der Waals surface area contributed by atoms with Crippen molar-refractivity contribution >= 4 is 0 Å². The summed E-state index contributed by atoms with van der Waals surface area (Å²) in [5.41, 5.74) is 0. The molecular weight excluding hydrogens is 198 g/mol. The fourth-order valence-corrected chi connectivity index (χ4v) is 3.29. The van der Waals surface area contributed by atoms with E-state index in [9.17, 15) is 0 Å². The Morgan fingerprint density at radius 2 is 1.75 bits per heavy atom. The highest BCUT2D eigenvalue weighted by molar-refractivity contribution is 4.85. The molecule has 2 aliphatic rings. The Morgan fingerprint density at radius 1 is 0.938 bits per heavy atom. The molecule has 0 saturated heterocycles. The van der Waals surface area contributed by atoms with Crippen LogP contribution in [0.4, 0.5) is 0 Å². The highest BCUT2D eigenvalue weighted by Crippen LogP contribution is 2.26. The lowest BCUT2D eigenvalue weighted by molar-refractivity contribution is 0.106. The van der Waals surface area contributed by atoms with Crippen LogP contribution < -0.4 is 5.32 Å². The van der Waals surface area contributed by atoms with Gasteiger partial charge in [0.05, 0.1) is 6.10 Å². The van der Waals surface area contributed by atoms with Gasteiger partial charge in [0.15, 0.2) is 0 Å². The van der Waals surface area contributed by atoms with E-state index in [4.69, 9.17) is 4.74 Å².